The number of aromatic nitrogens is 1. The van der Waals surface area contributed by atoms with Crippen molar-refractivity contribution in [3.05, 3.63) is 40.3 Å². The fraction of sp³-hybridized carbons (Fsp3) is 0.250. The largest absolute Gasteiger partial charge is 0.496 e. The quantitative estimate of drug-likeness (QED) is 0.854. The highest BCUT2D eigenvalue weighted by Gasteiger charge is 2.03. The van der Waals surface area contributed by atoms with Crippen LogP contribution in [-0.4, -0.2) is 17.2 Å². The fourth-order valence-corrected chi connectivity index (χ4v) is 2.07. The van der Waals surface area contributed by atoms with E-state index >= 15 is 0 Å². The average molecular weight is 250 g/mol. The number of aliphatic hydroxyl groups excluding tert-OH is 1. The van der Waals surface area contributed by atoms with Crippen LogP contribution in [0, 0.1) is 0 Å². The van der Waals surface area contributed by atoms with Crippen LogP contribution in [0.25, 0.3) is 0 Å². The molecular weight excluding hydrogens is 236 g/mol. The van der Waals surface area contributed by atoms with E-state index in [4.69, 9.17) is 4.74 Å². The lowest BCUT2D eigenvalue weighted by Crippen LogP contribution is -1.99. The molecular formula is C12H14N2O2S. The van der Waals surface area contributed by atoms with E-state index in [9.17, 15) is 5.11 Å². The third-order valence-corrected chi connectivity index (χ3v) is 3.18. The number of aliphatic hydroxyl groups is 1. The van der Waals surface area contributed by atoms with Gasteiger partial charge in [0.05, 0.1) is 25.8 Å². The first-order valence-corrected chi connectivity index (χ1v) is 6.10. The normalized spacial score (nSPS) is 10.2. The van der Waals surface area contributed by atoms with Gasteiger partial charge in [-0.3, -0.25) is 4.98 Å². The summed E-state index contributed by atoms with van der Waals surface area (Å²) in [6.45, 7) is 0.709. The third kappa shape index (κ3) is 2.95. The van der Waals surface area contributed by atoms with Crippen molar-refractivity contribution in [3.63, 3.8) is 0 Å². The summed E-state index contributed by atoms with van der Waals surface area (Å²) >= 11 is 1.61. The molecule has 0 saturated carbocycles. The van der Waals surface area contributed by atoms with Crippen LogP contribution in [-0.2, 0) is 13.2 Å². The van der Waals surface area contributed by atoms with Gasteiger partial charge in [0.2, 0.25) is 0 Å². The highest BCUT2D eigenvalue weighted by atomic mass is 32.1. The summed E-state index contributed by atoms with van der Waals surface area (Å²) in [5.74, 6) is 0.704. The van der Waals surface area contributed by atoms with Gasteiger partial charge in [-0.1, -0.05) is 0 Å². The number of rotatable bonds is 5. The highest BCUT2D eigenvalue weighted by Crippen LogP contribution is 2.23. The van der Waals surface area contributed by atoms with E-state index in [0.29, 0.717) is 5.75 Å². The topological polar surface area (TPSA) is 54.4 Å². The zero-order valence-electron chi connectivity index (χ0n) is 9.51. The van der Waals surface area contributed by atoms with Crippen molar-refractivity contribution < 1.29 is 9.84 Å². The Kier molecular flexibility index (Phi) is 3.95. The number of nitrogens with one attached hydrogen (secondary N) is 1. The molecule has 17 heavy (non-hydrogen) atoms. The molecule has 5 heteroatoms. The Hall–Kier alpha value is -1.59. The molecule has 0 aliphatic carbocycles. The Balaban J connectivity index is 2.06. The van der Waals surface area contributed by atoms with Gasteiger partial charge in [-0.05, 0) is 18.2 Å². The Morgan fingerprint density at radius 2 is 2.35 bits per heavy atom. The smallest absolute Gasteiger partial charge is 0.124 e. The number of thiazole rings is 1. The van der Waals surface area contributed by atoms with Gasteiger partial charge in [-0.25, -0.2) is 0 Å². The standard InChI is InChI=1S/C12H14N2O2S/c1-16-12-3-2-10(4-9(12)7-15)14-6-11-5-13-8-17-11/h2-5,8,14-15H,6-7H2,1H3. The van der Waals surface area contributed by atoms with E-state index in [1.807, 2.05) is 29.9 Å². The molecule has 2 aromatic rings. The molecule has 0 unspecified atom stereocenters. The van der Waals surface area contributed by atoms with Gasteiger partial charge in [0, 0.05) is 22.3 Å². The molecule has 1 aromatic heterocycles. The van der Waals surface area contributed by atoms with Gasteiger partial charge in [0.15, 0.2) is 0 Å². The fourth-order valence-electron chi connectivity index (χ4n) is 1.53. The maximum absolute atomic E-state index is 9.21. The molecule has 0 aliphatic heterocycles. The Morgan fingerprint density at radius 3 is 3.00 bits per heavy atom. The van der Waals surface area contributed by atoms with E-state index in [-0.39, 0.29) is 6.61 Å². The Bertz CT molecular complexity index is 471. The SMILES string of the molecule is COc1ccc(NCc2cncs2)cc1CO. The van der Waals surface area contributed by atoms with Crippen molar-refractivity contribution in [2.24, 2.45) is 0 Å². The Labute approximate surface area is 104 Å². The summed E-state index contributed by atoms with van der Waals surface area (Å²) in [7, 11) is 1.60. The number of benzene rings is 1. The van der Waals surface area contributed by atoms with Crippen molar-refractivity contribution in [1.29, 1.82) is 0 Å². The molecule has 0 aliphatic rings. The molecule has 0 fully saturated rings. The molecule has 1 aromatic carbocycles. The van der Waals surface area contributed by atoms with Crippen LogP contribution in [0.15, 0.2) is 29.9 Å². The second kappa shape index (κ2) is 5.65. The molecule has 0 radical (unpaired) electrons. The van der Waals surface area contributed by atoms with E-state index in [1.54, 1.807) is 18.4 Å². The maximum Gasteiger partial charge on any atom is 0.124 e. The third-order valence-electron chi connectivity index (χ3n) is 2.40. The van der Waals surface area contributed by atoms with Crippen molar-refractivity contribution >= 4 is 17.0 Å². The maximum atomic E-state index is 9.21. The van der Waals surface area contributed by atoms with Gasteiger partial charge in [-0.2, -0.15) is 0 Å². The molecule has 0 bridgehead atoms. The van der Waals surface area contributed by atoms with E-state index < -0.39 is 0 Å². The lowest BCUT2D eigenvalue weighted by Gasteiger charge is -2.10. The predicted molar refractivity (Wildman–Crippen MR) is 68.4 cm³/mol. The van der Waals surface area contributed by atoms with Crippen LogP contribution >= 0.6 is 11.3 Å². The van der Waals surface area contributed by atoms with E-state index in [0.717, 1.165) is 17.8 Å². The minimum absolute atomic E-state index is 0.0285. The number of hydrogen-bond donors (Lipinski definition) is 2. The highest BCUT2D eigenvalue weighted by molar-refractivity contribution is 7.09. The summed E-state index contributed by atoms with van der Waals surface area (Å²) in [5.41, 5.74) is 3.55. The Morgan fingerprint density at radius 1 is 1.47 bits per heavy atom. The molecule has 0 amide bonds. The number of nitrogens with zero attached hydrogens (tertiary/aromatic N) is 1. The monoisotopic (exact) mass is 250 g/mol. The summed E-state index contributed by atoms with van der Waals surface area (Å²) < 4.78 is 5.15. The van der Waals surface area contributed by atoms with Gasteiger partial charge in [0.1, 0.15) is 5.75 Å². The molecule has 90 valence electrons. The second-order valence-electron chi connectivity index (χ2n) is 3.51. The van der Waals surface area contributed by atoms with Crippen LogP contribution in [0.2, 0.25) is 0 Å². The van der Waals surface area contributed by atoms with Gasteiger partial charge in [-0.15, -0.1) is 11.3 Å². The molecule has 2 rings (SSSR count). The van der Waals surface area contributed by atoms with Crippen LogP contribution in [0.4, 0.5) is 5.69 Å². The van der Waals surface area contributed by atoms with E-state index in [2.05, 4.69) is 10.3 Å². The summed E-state index contributed by atoms with van der Waals surface area (Å²) in [6, 6.07) is 5.67. The first-order chi connectivity index (χ1) is 8.33. The molecule has 0 atom stereocenters. The zero-order valence-corrected chi connectivity index (χ0v) is 10.3. The van der Waals surface area contributed by atoms with Crippen LogP contribution in [0.1, 0.15) is 10.4 Å². The van der Waals surface area contributed by atoms with Crippen molar-refractivity contribution in [3.8, 4) is 5.75 Å². The molecule has 0 saturated heterocycles. The lowest BCUT2D eigenvalue weighted by atomic mass is 10.2. The van der Waals surface area contributed by atoms with Crippen molar-refractivity contribution in [2.75, 3.05) is 12.4 Å². The van der Waals surface area contributed by atoms with Crippen molar-refractivity contribution in [2.45, 2.75) is 13.2 Å². The summed E-state index contributed by atoms with van der Waals surface area (Å²) in [4.78, 5) is 5.19. The van der Waals surface area contributed by atoms with Crippen LogP contribution < -0.4 is 10.1 Å². The minimum atomic E-state index is -0.0285. The van der Waals surface area contributed by atoms with Crippen LogP contribution in [0.5, 0.6) is 5.75 Å². The lowest BCUT2D eigenvalue weighted by molar-refractivity contribution is 0.274. The molecule has 0 spiro atoms. The first kappa shape index (κ1) is 11.9. The van der Waals surface area contributed by atoms with Gasteiger partial charge >= 0.3 is 0 Å². The summed E-state index contributed by atoms with van der Waals surface area (Å²) in [6.07, 6.45) is 1.84. The zero-order chi connectivity index (χ0) is 12.1. The average Bonchev–Trinajstić information content (AvgIpc) is 2.89. The number of hydrogen-bond acceptors (Lipinski definition) is 5. The van der Waals surface area contributed by atoms with Crippen molar-refractivity contribution in [1.82, 2.24) is 4.98 Å². The van der Waals surface area contributed by atoms with Crippen LogP contribution in [0.3, 0.4) is 0 Å². The second-order valence-corrected chi connectivity index (χ2v) is 4.48. The number of anilines is 1. The van der Waals surface area contributed by atoms with Gasteiger partial charge < -0.3 is 15.2 Å². The number of methoxy groups -OCH3 is 1. The molecule has 1 heterocycles. The predicted octanol–water partition coefficient (Wildman–Crippen LogP) is 2.26. The van der Waals surface area contributed by atoms with Gasteiger partial charge in [0.25, 0.3) is 0 Å². The number of ether oxygens (including phenoxy) is 1. The molecule has 2 N–H and O–H groups in total. The summed E-state index contributed by atoms with van der Waals surface area (Å²) in [5, 5.41) is 12.5. The molecule has 4 nitrogen and oxygen atoms in total. The first-order valence-electron chi connectivity index (χ1n) is 5.22. The minimum Gasteiger partial charge on any atom is -0.496 e. The van der Waals surface area contributed by atoms with E-state index in [1.165, 1.54) is 4.88 Å².